The molecule has 4 aliphatic heterocycles. The Morgan fingerprint density at radius 2 is 0.930 bits per heavy atom. The second-order valence-corrected chi connectivity index (χ2v) is 21.7. The first kappa shape index (κ1) is 66.9. The molecule has 4 aliphatic rings. The third-order valence-corrected chi connectivity index (χ3v) is 14.6. The summed E-state index contributed by atoms with van der Waals surface area (Å²) in [6.07, 6.45) is -1.72. The summed E-state index contributed by atoms with van der Waals surface area (Å²) in [6, 6.07) is 23.2. The lowest BCUT2D eigenvalue weighted by Gasteiger charge is -2.36. The molecular weight excluding hydrogens is 1140 g/mol. The summed E-state index contributed by atoms with van der Waals surface area (Å²) in [4.78, 5) is 123. The molecule has 0 unspecified atom stereocenters. The fraction of sp³-hybridized carbons (Fsp3) is 0.450. The van der Waals surface area contributed by atoms with Crippen LogP contribution in [0.2, 0.25) is 0 Å². The monoisotopic (exact) mass is 1210 g/mol. The van der Waals surface area contributed by atoms with Crippen molar-refractivity contribution in [1.82, 2.24) is 35.6 Å². The SMILES string of the molecule is CC(=O)NC[C@H]1CN(c2ccc(N3CCN(C(=O)CCC(=O)c4ccc(CNC(=O)CN(C)C)cc4)CC3)c(F)c2)C(=O)O1.CN(C)CC(=O)NCc1ccc(C(=O)CCC(=O)N2CCN(c3ccc(N4C[C@H](CN)OC4=O)cc3F)CC2)cc1.Cl. The highest BCUT2D eigenvalue weighted by atomic mass is 35.5. The highest BCUT2D eigenvalue weighted by molar-refractivity contribution is 5.99. The second kappa shape index (κ2) is 31.8. The van der Waals surface area contributed by atoms with E-state index < -0.39 is 36.0 Å². The molecule has 4 fully saturated rings. The Hall–Kier alpha value is -8.26. The first-order valence-corrected chi connectivity index (χ1v) is 28.3. The minimum atomic E-state index is -0.601. The van der Waals surface area contributed by atoms with E-state index in [1.807, 2.05) is 38.0 Å². The van der Waals surface area contributed by atoms with Gasteiger partial charge in [0, 0.05) is 116 Å². The van der Waals surface area contributed by atoms with Gasteiger partial charge in [-0.15, -0.1) is 12.4 Å². The molecule has 86 heavy (non-hydrogen) atoms. The summed E-state index contributed by atoms with van der Waals surface area (Å²) in [5, 5.41) is 8.26. The maximum Gasteiger partial charge on any atom is 0.414 e. The van der Waals surface area contributed by atoms with Gasteiger partial charge < -0.3 is 60.6 Å². The van der Waals surface area contributed by atoms with E-state index >= 15 is 4.39 Å². The Kier molecular flexibility index (Phi) is 24.7. The lowest BCUT2D eigenvalue weighted by molar-refractivity contribution is -0.132. The molecule has 4 saturated heterocycles. The molecule has 0 spiro atoms. The van der Waals surface area contributed by atoms with E-state index in [2.05, 4.69) is 16.0 Å². The number of ketones is 2. The van der Waals surface area contributed by atoms with Crippen molar-refractivity contribution in [3.63, 3.8) is 0 Å². The van der Waals surface area contributed by atoms with Crippen molar-refractivity contribution in [1.29, 1.82) is 0 Å². The predicted molar refractivity (Wildman–Crippen MR) is 321 cm³/mol. The maximum atomic E-state index is 15.1. The number of piperazine rings is 2. The summed E-state index contributed by atoms with van der Waals surface area (Å²) < 4.78 is 40.5. The number of ether oxygens (including phenoxy) is 2. The van der Waals surface area contributed by atoms with Crippen LogP contribution in [0.5, 0.6) is 0 Å². The van der Waals surface area contributed by atoms with E-state index in [4.69, 9.17) is 15.2 Å². The lowest BCUT2D eigenvalue weighted by atomic mass is 10.0. The number of carbonyl (C=O) groups excluding carboxylic acids is 9. The van der Waals surface area contributed by atoms with E-state index in [-0.39, 0.29) is 105 Å². The Morgan fingerprint density at radius 1 is 0.547 bits per heavy atom. The number of rotatable bonds is 23. The number of nitrogens with zero attached hydrogens (tertiary/aromatic N) is 8. The van der Waals surface area contributed by atoms with Crippen LogP contribution >= 0.6 is 12.4 Å². The molecule has 26 heteroatoms. The number of amides is 7. The zero-order valence-corrected chi connectivity index (χ0v) is 50.0. The molecule has 0 radical (unpaired) electrons. The molecule has 464 valence electrons. The average molecular weight is 1220 g/mol. The normalized spacial score (nSPS) is 16.7. The first-order chi connectivity index (χ1) is 40.6. The molecule has 8 rings (SSSR count). The van der Waals surface area contributed by atoms with Gasteiger partial charge in [0.05, 0.1) is 55.5 Å². The summed E-state index contributed by atoms with van der Waals surface area (Å²) >= 11 is 0. The molecular formula is C60H77ClF2N12O11. The molecule has 0 saturated carbocycles. The summed E-state index contributed by atoms with van der Waals surface area (Å²) in [6.45, 7) is 6.95. The maximum absolute atomic E-state index is 15.1. The van der Waals surface area contributed by atoms with Gasteiger partial charge in [-0.05, 0) is 75.7 Å². The van der Waals surface area contributed by atoms with Gasteiger partial charge in [-0.25, -0.2) is 18.4 Å². The smallest absolute Gasteiger partial charge is 0.414 e. The van der Waals surface area contributed by atoms with Crippen LogP contribution in [0.3, 0.4) is 0 Å². The van der Waals surface area contributed by atoms with Gasteiger partial charge in [0.15, 0.2) is 11.6 Å². The van der Waals surface area contributed by atoms with Crippen molar-refractivity contribution < 1.29 is 61.4 Å². The molecule has 5 N–H and O–H groups in total. The molecule has 4 aromatic carbocycles. The molecule has 4 heterocycles. The molecule has 23 nitrogen and oxygen atoms in total. The van der Waals surface area contributed by atoms with Crippen molar-refractivity contribution >= 4 is 88.4 Å². The van der Waals surface area contributed by atoms with Gasteiger partial charge in [0.25, 0.3) is 0 Å². The average Bonchev–Trinajstić information content (AvgIpc) is 2.69. The summed E-state index contributed by atoms with van der Waals surface area (Å²) in [5.41, 5.74) is 9.91. The van der Waals surface area contributed by atoms with Crippen molar-refractivity contribution in [2.24, 2.45) is 5.73 Å². The Balaban J connectivity index is 0.000000273. The largest absolute Gasteiger partial charge is 0.443 e. The highest BCUT2D eigenvalue weighted by Gasteiger charge is 2.35. The van der Waals surface area contributed by atoms with Crippen LogP contribution in [-0.4, -0.2) is 205 Å². The van der Waals surface area contributed by atoms with E-state index in [9.17, 15) is 47.5 Å². The van der Waals surface area contributed by atoms with E-state index in [1.54, 1.807) is 92.4 Å². The zero-order valence-electron chi connectivity index (χ0n) is 49.2. The summed E-state index contributed by atoms with van der Waals surface area (Å²) in [5.74, 6) is -1.85. The van der Waals surface area contributed by atoms with Crippen LogP contribution in [0.1, 0.15) is 64.4 Å². The van der Waals surface area contributed by atoms with Crippen LogP contribution in [0.25, 0.3) is 0 Å². The van der Waals surface area contributed by atoms with Crippen LogP contribution in [-0.2, 0) is 46.5 Å². The predicted octanol–water partition coefficient (Wildman–Crippen LogP) is 3.80. The van der Waals surface area contributed by atoms with Crippen LogP contribution in [0.15, 0.2) is 84.9 Å². The standard InChI is InChI=1S/C31H39FN6O6.C29H37FN6O5.ClH/c1-21(39)33-18-25-19-38(31(43)44-25)24-8-9-27(26(32)16-24)36-12-14-37(15-13-36)30(42)11-10-28(40)23-6-4-22(5-7-23)17-34-29(41)20-35(2)3;1-33(2)19-27(38)32-17-20-3-5-21(6-4-20)26(37)9-10-28(39)35-13-11-34(12-14-35)25-8-7-22(15-24(25)30)36-18-23(16-31)41-29(36)40;/h4-9,16,25H,10-15,17-20H2,1-3H3,(H,33,39)(H,34,41);3-8,15,23H,9-14,16-19,31H2,1-2H3,(H,32,38);1H/t25-;23-;/m00./s1. The van der Waals surface area contributed by atoms with E-state index in [0.717, 1.165) is 11.1 Å². The van der Waals surface area contributed by atoms with Gasteiger partial charge in [0.1, 0.15) is 23.8 Å². The molecule has 4 aromatic rings. The topological polar surface area (TPSA) is 260 Å². The molecule has 0 bridgehead atoms. The van der Waals surface area contributed by atoms with Crippen LogP contribution in [0.4, 0.5) is 41.1 Å². The number of halogens is 3. The third kappa shape index (κ3) is 19.1. The fourth-order valence-electron chi connectivity index (χ4n) is 9.94. The zero-order chi connectivity index (χ0) is 61.3. The number of nitrogens with two attached hydrogens (primary N) is 1. The third-order valence-electron chi connectivity index (χ3n) is 14.6. The highest BCUT2D eigenvalue weighted by Crippen LogP contribution is 2.31. The van der Waals surface area contributed by atoms with Gasteiger partial charge in [0.2, 0.25) is 29.5 Å². The molecule has 0 aromatic heterocycles. The van der Waals surface area contributed by atoms with Crippen molar-refractivity contribution in [3.8, 4) is 0 Å². The Labute approximate surface area is 505 Å². The number of hydrogen-bond acceptors (Lipinski definition) is 16. The lowest BCUT2D eigenvalue weighted by Crippen LogP contribution is -2.49. The second-order valence-electron chi connectivity index (χ2n) is 21.7. The van der Waals surface area contributed by atoms with Crippen molar-refractivity contribution in [2.75, 3.05) is 139 Å². The number of Topliss-reactive ketones (excluding diaryl/α,β-unsaturated/α-hetero) is 2. The number of anilines is 4. The van der Waals surface area contributed by atoms with Gasteiger partial charge >= 0.3 is 12.2 Å². The molecule has 2 atom stereocenters. The minimum Gasteiger partial charge on any atom is -0.443 e. The number of likely N-dealkylation sites (N-methyl/N-ethyl adjacent to an activating group) is 2. The van der Waals surface area contributed by atoms with Crippen LogP contribution in [0, 0.1) is 11.6 Å². The van der Waals surface area contributed by atoms with Crippen LogP contribution < -0.4 is 41.3 Å². The fourth-order valence-corrected chi connectivity index (χ4v) is 9.94. The number of hydrogen-bond donors (Lipinski definition) is 4. The number of nitrogens with one attached hydrogen (secondary N) is 3. The minimum absolute atomic E-state index is 0. The number of cyclic esters (lactones) is 2. The molecule has 7 amide bonds. The van der Waals surface area contributed by atoms with Gasteiger partial charge in [-0.2, -0.15) is 0 Å². The quantitative estimate of drug-likeness (QED) is 0.0771. The Morgan fingerprint density at radius 3 is 1.28 bits per heavy atom. The van der Waals surface area contributed by atoms with E-state index in [1.165, 1.54) is 28.9 Å². The van der Waals surface area contributed by atoms with E-state index in [0.29, 0.717) is 112 Å². The molecule has 0 aliphatic carbocycles. The van der Waals surface area contributed by atoms with Crippen molar-refractivity contribution in [2.45, 2.75) is 57.9 Å². The number of benzene rings is 4. The Bertz CT molecular complexity index is 3050. The van der Waals surface area contributed by atoms with Gasteiger partial charge in [-0.1, -0.05) is 48.5 Å². The summed E-state index contributed by atoms with van der Waals surface area (Å²) in [7, 11) is 7.28. The number of carbonyl (C=O) groups is 9. The first-order valence-electron chi connectivity index (χ1n) is 28.3. The van der Waals surface area contributed by atoms with Gasteiger partial charge in [-0.3, -0.25) is 43.4 Å². The van der Waals surface area contributed by atoms with Crippen molar-refractivity contribution in [3.05, 3.63) is 119 Å².